The van der Waals surface area contributed by atoms with E-state index in [9.17, 15) is 21.6 Å². The number of hydrogen-bond acceptors (Lipinski definition) is 3. The second kappa shape index (κ2) is 8.51. The molecule has 1 saturated heterocycles. The van der Waals surface area contributed by atoms with Gasteiger partial charge in [-0.25, -0.2) is 8.42 Å². The molecule has 2 rings (SSSR count). The van der Waals surface area contributed by atoms with Gasteiger partial charge in [0, 0.05) is 13.1 Å². The third kappa shape index (κ3) is 5.08. The molecule has 0 aliphatic carbocycles. The number of rotatable bonds is 5. The molecule has 1 aromatic rings. The molecule has 1 heterocycles. The molecule has 0 spiro atoms. The molecule has 1 aromatic carbocycles. The molecule has 0 atom stereocenters. The minimum absolute atomic E-state index is 0. The normalized spacial score (nSPS) is 17.5. The first-order chi connectivity index (χ1) is 10.7. The molecule has 4 nitrogen and oxygen atoms in total. The van der Waals surface area contributed by atoms with E-state index in [1.54, 1.807) is 0 Å². The molecule has 0 saturated carbocycles. The van der Waals surface area contributed by atoms with Crippen molar-refractivity contribution in [3.63, 3.8) is 0 Å². The monoisotopic (exact) mass is 386 g/mol. The number of halogens is 4. The first-order valence-electron chi connectivity index (χ1n) is 7.62. The van der Waals surface area contributed by atoms with Crippen LogP contribution in [0, 0.1) is 5.92 Å². The molecule has 1 fully saturated rings. The Labute approximate surface area is 146 Å². The zero-order valence-corrected chi connectivity index (χ0v) is 14.8. The summed E-state index contributed by atoms with van der Waals surface area (Å²) in [5.41, 5.74) is 4.62. The van der Waals surface area contributed by atoms with Crippen molar-refractivity contribution >= 4 is 22.4 Å². The van der Waals surface area contributed by atoms with Crippen LogP contribution in [0.15, 0.2) is 29.2 Å². The number of benzene rings is 1. The van der Waals surface area contributed by atoms with Crippen LogP contribution in [-0.4, -0.2) is 32.4 Å². The van der Waals surface area contributed by atoms with Gasteiger partial charge in [0.25, 0.3) is 0 Å². The Kier molecular flexibility index (Phi) is 7.52. The summed E-state index contributed by atoms with van der Waals surface area (Å²) in [6.45, 7) is 1.43. The Balaban J connectivity index is 0.00000288. The summed E-state index contributed by atoms with van der Waals surface area (Å²) >= 11 is 0. The van der Waals surface area contributed by atoms with Gasteiger partial charge in [0.05, 0.1) is 10.5 Å². The topological polar surface area (TPSA) is 63.4 Å². The average Bonchev–Trinajstić information content (AvgIpc) is 2.52. The third-order valence-electron chi connectivity index (χ3n) is 4.21. The largest absolute Gasteiger partial charge is 0.416 e. The van der Waals surface area contributed by atoms with Crippen molar-refractivity contribution in [3.8, 4) is 0 Å². The van der Waals surface area contributed by atoms with Gasteiger partial charge < -0.3 is 5.73 Å². The van der Waals surface area contributed by atoms with Gasteiger partial charge in [0.15, 0.2) is 0 Å². The van der Waals surface area contributed by atoms with Crippen molar-refractivity contribution in [1.29, 1.82) is 0 Å². The van der Waals surface area contributed by atoms with Crippen molar-refractivity contribution in [1.82, 2.24) is 4.31 Å². The molecule has 0 radical (unpaired) electrons. The Morgan fingerprint density at radius 2 is 1.67 bits per heavy atom. The quantitative estimate of drug-likeness (QED) is 0.844. The van der Waals surface area contributed by atoms with E-state index in [0.717, 1.165) is 49.9 Å². The van der Waals surface area contributed by atoms with Gasteiger partial charge in [-0.2, -0.15) is 17.5 Å². The van der Waals surface area contributed by atoms with Crippen LogP contribution in [0.2, 0.25) is 0 Å². The lowest BCUT2D eigenvalue weighted by molar-refractivity contribution is -0.137. The lowest BCUT2D eigenvalue weighted by atomic mass is 9.93. The van der Waals surface area contributed by atoms with E-state index in [0.29, 0.717) is 25.6 Å². The maximum atomic E-state index is 12.5. The molecule has 1 aliphatic rings. The SMILES string of the molecule is Cl.NCCCC1CCN(S(=O)(=O)c2ccc(C(F)(F)F)cc2)CC1. The molecule has 1 aliphatic heterocycles. The van der Waals surface area contributed by atoms with Crippen LogP contribution < -0.4 is 5.73 Å². The third-order valence-corrected chi connectivity index (χ3v) is 6.12. The van der Waals surface area contributed by atoms with Gasteiger partial charge in [-0.1, -0.05) is 0 Å². The molecule has 2 N–H and O–H groups in total. The summed E-state index contributed by atoms with van der Waals surface area (Å²) in [5, 5.41) is 0. The smallest absolute Gasteiger partial charge is 0.330 e. The lowest BCUT2D eigenvalue weighted by Crippen LogP contribution is -2.38. The maximum absolute atomic E-state index is 12.5. The standard InChI is InChI=1S/C15H21F3N2O2S.ClH/c16-15(17,18)13-3-5-14(6-4-13)23(21,22)20-10-7-12(8-11-20)2-1-9-19;/h3-6,12H,1-2,7-11,19H2;1H. The molecule has 138 valence electrons. The first kappa shape index (κ1) is 21.2. The molecule has 0 bridgehead atoms. The van der Waals surface area contributed by atoms with Crippen LogP contribution >= 0.6 is 12.4 Å². The van der Waals surface area contributed by atoms with Gasteiger partial charge >= 0.3 is 6.18 Å². The highest BCUT2D eigenvalue weighted by Crippen LogP contribution is 2.31. The Hall–Kier alpha value is -0.830. The van der Waals surface area contributed by atoms with E-state index >= 15 is 0 Å². The highest BCUT2D eigenvalue weighted by molar-refractivity contribution is 7.89. The van der Waals surface area contributed by atoms with Crippen LogP contribution in [0.5, 0.6) is 0 Å². The van der Waals surface area contributed by atoms with Crippen LogP contribution in [-0.2, 0) is 16.2 Å². The van der Waals surface area contributed by atoms with E-state index in [1.807, 2.05) is 0 Å². The Bertz CT molecular complexity index is 613. The fraction of sp³-hybridized carbons (Fsp3) is 0.600. The van der Waals surface area contributed by atoms with E-state index in [2.05, 4.69) is 0 Å². The van der Waals surface area contributed by atoms with Crippen molar-refractivity contribution in [2.24, 2.45) is 11.7 Å². The predicted molar refractivity (Wildman–Crippen MR) is 88.5 cm³/mol. The number of sulfonamides is 1. The van der Waals surface area contributed by atoms with Crippen molar-refractivity contribution < 1.29 is 21.6 Å². The molecular formula is C15H22ClF3N2O2S. The van der Waals surface area contributed by atoms with Crippen LogP contribution in [0.4, 0.5) is 13.2 Å². The van der Waals surface area contributed by atoms with Crippen molar-refractivity contribution in [2.75, 3.05) is 19.6 Å². The zero-order valence-electron chi connectivity index (χ0n) is 13.1. The highest BCUT2D eigenvalue weighted by atomic mass is 35.5. The van der Waals surface area contributed by atoms with Crippen LogP contribution in [0.25, 0.3) is 0 Å². The highest BCUT2D eigenvalue weighted by Gasteiger charge is 2.32. The van der Waals surface area contributed by atoms with E-state index in [1.165, 1.54) is 4.31 Å². The molecule has 0 aromatic heterocycles. The predicted octanol–water partition coefficient (Wildman–Crippen LogP) is 3.27. The lowest BCUT2D eigenvalue weighted by Gasteiger charge is -2.31. The summed E-state index contributed by atoms with van der Waals surface area (Å²) in [5.74, 6) is 0.470. The number of hydrogen-bond donors (Lipinski definition) is 1. The molecule has 0 amide bonds. The molecular weight excluding hydrogens is 365 g/mol. The summed E-state index contributed by atoms with van der Waals surface area (Å²) in [6.07, 6.45) is -1.02. The van der Waals surface area contributed by atoms with Crippen molar-refractivity contribution in [3.05, 3.63) is 29.8 Å². The number of piperidine rings is 1. The Morgan fingerprint density at radius 1 is 1.12 bits per heavy atom. The summed E-state index contributed by atoms with van der Waals surface area (Å²) in [6, 6.07) is 3.67. The van der Waals surface area contributed by atoms with Gasteiger partial charge in [-0.3, -0.25) is 0 Å². The fourth-order valence-corrected chi connectivity index (χ4v) is 4.28. The summed E-state index contributed by atoms with van der Waals surface area (Å²) < 4.78 is 64.0. The van der Waals surface area contributed by atoms with Crippen molar-refractivity contribution in [2.45, 2.75) is 36.8 Å². The maximum Gasteiger partial charge on any atom is 0.416 e. The molecule has 9 heteroatoms. The van der Waals surface area contributed by atoms with E-state index < -0.39 is 21.8 Å². The number of alkyl halides is 3. The molecule has 0 unspecified atom stereocenters. The van der Waals surface area contributed by atoms with Gasteiger partial charge in [-0.05, 0) is 62.4 Å². The number of nitrogens with zero attached hydrogens (tertiary/aromatic N) is 1. The van der Waals surface area contributed by atoms with E-state index in [4.69, 9.17) is 5.73 Å². The second-order valence-electron chi connectivity index (χ2n) is 5.80. The van der Waals surface area contributed by atoms with Crippen LogP contribution in [0.3, 0.4) is 0 Å². The zero-order chi connectivity index (χ0) is 17.1. The first-order valence-corrected chi connectivity index (χ1v) is 9.06. The van der Waals surface area contributed by atoms with Gasteiger partial charge in [0.2, 0.25) is 10.0 Å². The minimum Gasteiger partial charge on any atom is -0.330 e. The van der Waals surface area contributed by atoms with Gasteiger partial charge in [0.1, 0.15) is 0 Å². The fourth-order valence-electron chi connectivity index (χ4n) is 2.81. The second-order valence-corrected chi connectivity index (χ2v) is 7.74. The van der Waals surface area contributed by atoms with Gasteiger partial charge in [-0.15, -0.1) is 12.4 Å². The minimum atomic E-state index is -4.47. The van der Waals surface area contributed by atoms with Crippen LogP contribution in [0.1, 0.15) is 31.2 Å². The number of nitrogens with two attached hydrogens (primary N) is 1. The Morgan fingerprint density at radius 3 is 2.12 bits per heavy atom. The summed E-state index contributed by atoms with van der Waals surface area (Å²) in [4.78, 5) is -0.0918. The molecule has 24 heavy (non-hydrogen) atoms. The summed E-state index contributed by atoms with van der Waals surface area (Å²) in [7, 11) is -3.73. The average molecular weight is 387 g/mol. The van der Waals surface area contributed by atoms with E-state index in [-0.39, 0.29) is 17.3 Å².